The highest BCUT2D eigenvalue weighted by Gasteiger charge is 2.24. The summed E-state index contributed by atoms with van der Waals surface area (Å²) in [6.45, 7) is 1.75. The van der Waals surface area contributed by atoms with Crippen LogP contribution in [0, 0.1) is 11.6 Å². The van der Waals surface area contributed by atoms with Crippen LogP contribution in [0.5, 0.6) is 5.75 Å². The van der Waals surface area contributed by atoms with Crippen LogP contribution in [0.15, 0.2) is 39.7 Å². The Bertz CT molecular complexity index is 1040. The molecule has 140 valence electrons. The molecule has 4 rings (SSSR count). The van der Waals surface area contributed by atoms with Gasteiger partial charge in [0, 0.05) is 42.4 Å². The molecule has 0 unspecified atom stereocenters. The second-order valence-corrected chi connectivity index (χ2v) is 6.40. The summed E-state index contributed by atoms with van der Waals surface area (Å²) < 4.78 is 37.2. The molecule has 0 saturated heterocycles. The average Bonchev–Trinajstić information content (AvgIpc) is 3.07. The van der Waals surface area contributed by atoms with Crippen molar-refractivity contribution in [1.29, 1.82) is 0 Å². The molecule has 27 heavy (non-hydrogen) atoms. The van der Waals surface area contributed by atoms with E-state index in [0.717, 1.165) is 36.4 Å². The highest BCUT2D eigenvalue weighted by molar-refractivity contribution is 5.64. The molecule has 1 aliphatic rings. The number of aromatic amines is 1. The number of halogens is 2. The van der Waals surface area contributed by atoms with Crippen molar-refractivity contribution in [2.24, 2.45) is 0 Å². The molecular weight excluding hydrogens is 356 g/mol. The summed E-state index contributed by atoms with van der Waals surface area (Å²) in [5.41, 5.74) is 2.79. The van der Waals surface area contributed by atoms with Crippen molar-refractivity contribution in [3.63, 3.8) is 0 Å². The fourth-order valence-corrected chi connectivity index (χ4v) is 3.26. The summed E-state index contributed by atoms with van der Waals surface area (Å²) >= 11 is 0. The number of rotatable bonds is 4. The third-order valence-electron chi connectivity index (χ3n) is 4.66. The van der Waals surface area contributed by atoms with Gasteiger partial charge < -0.3 is 9.15 Å². The number of hydrogen-bond donors (Lipinski definition) is 1. The van der Waals surface area contributed by atoms with Gasteiger partial charge in [0.25, 0.3) is 0 Å². The number of ether oxygens (including phenoxy) is 1. The standard InChI is InChI=1S/C19H17F2N3O3/c1-26-18-10-27-12(7-17(18)25)8-24-5-4-16-13(9-24)19(23-22-16)11-2-3-14(20)15(21)6-11/h2-3,6-7,10H,4-5,8-9H2,1H3,(H,22,23). The van der Waals surface area contributed by atoms with Crippen LogP contribution < -0.4 is 10.2 Å². The number of fused-ring (bicyclic) bond motifs is 1. The predicted molar refractivity (Wildman–Crippen MR) is 93.3 cm³/mol. The van der Waals surface area contributed by atoms with Crippen molar-refractivity contribution in [2.75, 3.05) is 13.7 Å². The molecule has 0 amide bonds. The van der Waals surface area contributed by atoms with Crippen molar-refractivity contribution in [3.05, 3.63) is 69.4 Å². The second-order valence-electron chi connectivity index (χ2n) is 6.40. The summed E-state index contributed by atoms with van der Waals surface area (Å²) in [5, 5.41) is 7.27. The Kier molecular flexibility index (Phi) is 4.49. The Morgan fingerprint density at radius 3 is 2.89 bits per heavy atom. The van der Waals surface area contributed by atoms with Crippen LogP contribution in [0.4, 0.5) is 8.78 Å². The predicted octanol–water partition coefficient (Wildman–Crippen LogP) is 2.88. The molecule has 8 heteroatoms. The van der Waals surface area contributed by atoms with E-state index in [1.807, 2.05) is 0 Å². The van der Waals surface area contributed by atoms with E-state index in [1.54, 1.807) is 0 Å². The zero-order chi connectivity index (χ0) is 19.0. The van der Waals surface area contributed by atoms with Crippen molar-refractivity contribution >= 4 is 0 Å². The first-order valence-electron chi connectivity index (χ1n) is 8.44. The summed E-state index contributed by atoms with van der Waals surface area (Å²) in [5.74, 6) is -1.10. The summed E-state index contributed by atoms with van der Waals surface area (Å²) in [6.07, 6.45) is 2.03. The molecule has 0 bridgehead atoms. The van der Waals surface area contributed by atoms with Crippen molar-refractivity contribution in [1.82, 2.24) is 15.1 Å². The number of nitrogens with zero attached hydrogens (tertiary/aromatic N) is 2. The molecule has 2 aromatic heterocycles. The first-order chi connectivity index (χ1) is 13.0. The zero-order valence-corrected chi connectivity index (χ0v) is 14.6. The monoisotopic (exact) mass is 373 g/mol. The number of hydrogen-bond acceptors (Lipinski definition) is 5. The van der Waals surface area contributed by atoms with E-state index in [0.29, 0.717) is 30.1 Å². The van der Waals surface area contributed by atoms with E-state index in [2.05, 4.69) is 15.1 Å². The second kappa shape index (κ2) is 6.96. The number of benzene rings is 1. The van der Waals surface area contributed by atoms with Gasteiger partial charge in [0.2, 0.25) is 11.2 Å². The van der Waals surface area contributed by atoms with Crippen LogP contribution in [-0.4, -0.2) is 28.8 Å². The number of aromatic nitrogens is 2. The Hall–Kier alpha value is -3.00. The van der Waals surface area contributed by atoms with Gasteiger partial charge in [-0.3, -0.25) is 14.8 Å². The van der Waals surface area contributed by atoms with Crippen LogP contribution in [-0.2, 0) is 19.5 Å². The van der Waals surface area contributed by atoms with Gasteiger partial charge in [-0.05, 0) is 18.2 Å². The van der Waals surface area contributed by atoms with E-state index in [4.69, 9.17) is 9.15 Å². The minimum absolute atomic E-state index is 0.162. The molecule has 1 N–H and O–H groups in total. The third kappa shape index (κ3) is 3.35. The zero-order valence-electron chi connectivity index (χ0n) is 14.6. The van der Waals surface area contributed by atoms with Gasteiger partial charge >= 0.3 is 0 Å². The average molecular weight is 373 g/mol. The Morgan fingerprint density at radius 2 is 2.15 bits per heavy atom. The van der Waals surface area contributed by atoms with Gasteiger partial charge in [-0.15, -0.1) is 0 Å². The van der Waals surface area contributed by atoms with Crippen molar-refractivity contribution in [2.45, 2.75) is 19.5 Å². The van der Waals surface area contributed by atoms with E-state index in [9.17, 15) is 13.6 Å². The quantitative estimate of drug-likeness (QED) is 0.762. The minimum atomic E-state index is -0.906. The van der Waals surface area contributed by atoms with Gasteiger partial charge in [0.1, 0.15) is 12.0 Å². The largest absolute Gasteiger partial charge is 0.490 e. The molecule has 3 aromatic rings. The topological polar surface area (TPSA) is 71.4 Å². The molecule has 0 atom stereocenters. The van der Waals surface area contributed by atoms with Crippen LogP contribution >= 0.6 is 0 Å². The van der Waals surface area contributed by atoms with Gasteiger partial charge in [0.05, 0.1) is 19.3 Å². The molecule has 0 saturated carbocycles. The summed E-state index contributed by atoms with van der Waals surface area (Å²) in [4.78, 5) is 14.0. The minimum Gasteiger partial charge on any atom is -0.490 e. The lowest BCUT2D eigenvalue weighted by molar-refractivity contribution is 0.221. The first kappa shape index (κ1) is 17.4. The molecule has 0 aliphatic carbocycles. The van der Waals surface area contributed by atoms with Gasteiger partial charge in [-0.2, -0.15) is 5.10 Å². The van der Waals surface area contributed by atoms with Crippen LogP contribution in [0.2, 0.25) is 0 Å². The molecule has 0 radical (unpaired) electrons. The van der Waals surface area contributed by atoms with E-state index in [-0.39, 0.29) is 11.2 Å². The maximum atomic E-state index is 13.6. The number of methoxy groups -OCH3 is 1. The van der Waals surface area contributed by atoms with E-state index >= 15 is 0 Å². The Balaban J connectivity index is 1.57. The fraction of sp³-hybridized carbons (Fsp3) is 0.263. The lowest BCUT2D eigenvalue weighted by Crippen LogP contribution is -2.30. The summed E-state index contributed by atoms with van der Waals surface area (Å²) in [6, 6.07) is 5.17. The van der Waals surface area contributed by atoms with Crippen LogP contribution in [0.25, 0.3) is 11.3 Å². The van der Waals surface area contributed by atoms with Crippen molar-refractivity contribution < 1.29 is 17.9 Å². The highest BCUT2D eigenvalue weighted by Crippen LogP contribution is 2.29. The summed E-state index contributed by atoms with van der Waals surface area (Å²) in [7, 11) is 1.41. The van der Waals surface area contributed by atoms with Crippen LogP contribution in [0.3, 0.4) is 0 Å². The lowest BCUT2D eigenvalue weighted by atomic mass is 10.0. The normalized spacial score (nSPS) is 14.2. The SMILES string of the molecule is COc1coc(CN2CCc3[nH]nc(-c4ccc(F)c(F)c4)c3C2)cc1=O. The maximum absolute atomic E-state index is 13.6. The van der Waals surface area contributed by atoms with E-state index < -0.39 is 11.6 Å². The number of nitrogens with one attached hydrogen (secondary N) is 1. The molecule has 1 aromatic carbocycles. The number of H-pyrrole nitrogens is 1. The Morgan fingerprint density at radius 1 is 1.30 bits per heavy atom. The smallest absolute Gasteiger partial charge is 0.227 e. The molecule has 1 aliphatic heterocycles. The Labute approximate surface area is 153 Å². The van der Waals surface area contributed by atoms with Gasteiger partial charge in [0.15, 0.2) is 11.6 Å². The fourth-order valence-electron chi connectivity index (χ4n) is 3.26. The van der Waals surface area contributed by atoms with E-state index in [1.165, 1.54) is 25.5 Å². The lowest BCUT2D eigenvalue weighted by Gasteiger charge is -2.26. The molecule has 3 heterocycles. The van der Waals surface area contributed by atoms with Gasteiger partial charge in [-0.25, -0.2) is 8.78 Å². The molecule has 0 spiro atoms. The highest BCUT2D eigenvalue weighted by atomic mass is 19.2. The molecular formula is C19H17F2N3O3. The van der Waals surface area contributed by atoms with Gasteiger partial charge in [-0.1, -0.05) is 0 Å². The van der Waals surface area contributed by atoms with Crippen molar-refractivity contribution in [3.8, 4) is 17.0 Å². The first-order valence-corrected chi connectivity index (χ1v) is 8.44. The maximum Gasteiger partial charge on any atom is 0.227 e. The molecule has 6 nitrogen and oxygen atoms in total. The molecule has 0 fully saturated rings. The third-order valence-corrected chi connectivity index (χ3v) is 4.66. The van der Waals surface area contributed by atoms with Crippen LogP contribution in [0.1, 0.15) is 17.0 Å².